The molecule has 0 rings (SSSR count). The lowest BCUT2D eigenvalue weighted by molar-refractivity contribution is -0.231. The summed E-state index contributed by atoms with van der Waals surface area (Å²) in [7, 11) is 0. The van der Waals surface area contributed by atoms with E-state index in [9.17, 15) is 25.2 Å². The van der Waals surface area contributed by atoms with E-state index in [2.05, 4.69) is 5.32 Å². The van der Waals surface area contributed by atoms with Gasteiger partial charge in [-0.1, -0.05) is 13.8 Å². The first-order chi connectivity index (χ1) is 11.7. The molecule has 1 amide bonds. The normalized spacial score (nSPS) is 20.2. The van der Waals surface area contributed by atoms with Crippen LogP contribution < -0.4 is 5.32 Å². The van der Waals surface area contributed by atoms with Gasteiger partial charge < -0.3 is 40.3 Å². The second kappa shape index (κ2) is 12.5. The van der Waals surface area contributed by atoms with E-state index in [0.29, 0.717) is 0 Å². The fourth-order valence-corrected chi connectivity index (χ4v) is 1.99. The zero-order chi connectivity index (χ0) is 19.6. The molecule has 25 heavy (non-hydrogen) atoms. The molecule has 150 valence electrons. The maximum Gasteiger partial charge on any atom is 0.220 e. The molecule has 0 aliphatic heterocycles. The zero-order valence-electron chi connectivity index (χ0n) is 15.3. The lowest BCUT2D eigenvalue weighted by atomic mass is 10.0. The highest BCUT2D eigenvalue weighted by Crippen LogP contribution is 2.12. The highest BCUT2D eigenvalue weighted by Gasteiger charge is 2.30. The molecule has 0 heterocycles. The molecule has 0 aromatic carbocycles. The van der Waals surface area contributed by atoms with E-state index >= 15 is 0 Å². The summed E-state index contributed by atoms with van der Waals surface area (Å²) in [5.74, 6) is -0.325. The van der Waals surface area contributed by atoms with Crippen LogP contribution in [0, 0.1) is 0 Å². The molecule has 7 atom stereocenters. The van der Waals surface area contributed by atoms with Crippen LogP contribution in [-0.2, 0) is 14.3 Å². The molecule has 0 fully saturated rings. The fourth-order valence-electron chi connectivity index (χ4n) is 1.99. The minimum absolute atomic E-state index is 0.196. The standard InChI is InChI=1S/C16H33NO8/c1-5-12(20)15(23)11(17-14(22)6-2)8-24-16(9(3)19)25-10(4)13(21)7-18/h9-13,15-16,18-21,23H,5-8H2,1-4H3,(H,17,22)/t9-,10?,11-,12+,13+,15-,16-/m0/s1. The first-order valence-electron chi connectivity index (χ1n) is 8.57. The topological polar surface area (TPSA) is 149 Å². The van der Waals surface area contributed by atoms with Crippen molar-refractivity contribution in [3.63, 3.8) is 0 Å². The highest BCUT2D eigenvalue weighted by molar-refractivity contribution is 5.75. The van der Waals surface area contributed by atoms with Gasteiger partial charge in [0.25, 0.3) is 0 Å². The van der Waals surface area contributed by atoms with E-state index in [1.807, 2.05) is 0 Å². The average Bonchev–Trinajstić information content (AvgIpc) is 2.60. The molecule has 0 aromatic rings. The van der Waals surface area contributed by atoms with Crippen LogP contribution in [0.5, 0.6) is 0 Å². The van der Waals surface area contributed by atoms with E-state index in [4.69, 9.17) is 14.6 Å². The molecule has 0 saturated carbocycles. The van der Waals surface area contributed by atoms with Gasteiger partial charge in [0, 0.05) is 6.42 Å². The third kappa shape index (κ3) is 8.91. The van der Waals surface area contributed by atoms with Crippen molar-refractivity contribution in [1.29, 1.82) is 0 Å². The van der Waals surface area contributed by atoms with Crippen molar-refractivity contribution < 1.29 is 39.8 Å². The molecule has 0 aliphatic carbocycles. The van der Waals surface area contributed by atoms with Crippen LogP contribution in [0.1, 0.15) is 40.5 Å². The van der Waals surface area contributed by atoms with E-state index in [1.165, 1.54) is 13.8 Å². The summed E-state index contributed by atoms with van der Waals surface area (Å²) >= 11 is 0. The molecule has 0 radical (unpaired) electrons. The number of aliphatic hydroxyl groups is 5. The van der Waals surface area contributed by atoms with Gasteiger partial charge >= 0.3 is 0 Å². The Morgan fingerprint density at radius 1 is 1.08 bits per heavy atom. The molecule has 1 unspecified atom stereocenters. The van der Waals surface area contributed by atoms with Crippen molar-refractivity contribution in [3.8, 4) is 0 Å². The Morgan fingerprint density at radius 2 is 1.68 bits per heavy atom. The van der Waals surface area contributed by atoms with Crippen LogP contribution in [0.15, 0.2) is 0 Å². The van der Waals surface area contributed by atoms with E-state index in [1.54, 1.807) is 13.8 Å². The summed E-state index contributed by atoms with van der Waals surface area (Å²) in [6.07, 6.45) is -5.99. The molecule has 9 heteroatoms. The number of rotatable bonds is 13. The number of carbonyl (C=O) groups is 1. The Bertz CT molecular complexity index is 368. The lowest BCUT2D eigenvalue weighted by Crippen LogP contribution is -2.52. The lowest BCUT2D eigenvalue weighted by Gasteiger charge is -2.31. The number of aliphatic hydroxyl groups excluding tert-OH is 5. The minimum Gasteiger partial charge on any atom is -0.394 e. The Labute approximate surface area is 148 Å². The second-order valence-corrected chi connectivity index (χ2v) is 6.03. The van der Waals surface area contributed by atoms with Crippen LogP contribution in [0.25, 0.3) is 0 Å². The minimum atomic E-state index is -1.25. The van der Waals surface area contributed by atoms with Crippen LogP contribution in [0.2, 0.25) is 0 Å². The molecular formula is C16H33NO8. The number of amides is 1. The number of nitrogens with one attached hydrogen (secondary N) is 1. The van der Waals surface area contributed by atoms with Crippen LogP contribution in [0.4, 0.5) is 0 Å². The van der Waals surface area contributed by atoms with E-state index in [-0.39, 0.29) is 25.4 Å². The number of hydrogen-bond acceptors (Lipinski definition) is 8. The Kier molecular flexibility index (Phi) is 12.1. The van der Waals surface area contributed by atoms with Crippen molar-refractivity contribution in [2.75, 3.05) is 13.2 Å². The Balaban J connectivity index is 4.91. The summed E-state index contributed by atoms with van der Waals surface area (Å²) in [5.41, 5.74) is 0. The van der Waals surface area contributed by atoms with Crippen molar-refractivity contribution in [1.82, 2.24) is 5.32 Å². The third-order valence-corrected chi connectivity index (χ3v) is 3.80. The van der Waals surface area contributed by atoms with Gasteiger partial charge in [-0.3, -0.25) is 4.79 Å². The predicted octanol–water partition coefficient (Wildman–Crippen LogP) is -1.51. The van der Waals surface area contributed by atoms with Crippen molar-refractivity contribution >= 4 is 5.91 Å². The van der Waals surface area contributed by atoms with E-state index < -0.39 is 49.5 Å². The number of carbonyl (C=O) groups excluding carboxylic acids is 1. The molecular weight excluding hydrogens is 334 g/mol. The maximum absolute atomic E-state index is 11.6. The van der Waals surface area contributed by atoms with Crippen molar-refractivity contribution in [2.45, 2.75) is 83.4 Å². The Morgan fingerprint density at radius 3 is 2.12 bits per heavy atom. The van der Waals surface area contributed by atoms with E-state index in [0.717, 1.165) is 0 Å². The SMILES string of the molecule is CCC(=O)N[C@@H](CO[C@@H](OC(C)[C@H](O)CO)[C@H](C)O)[C@H](O)[C@H](O)CC. The monoisotopic (exact) mass is 367 g/mol. The van der Waals surface area contributed by atoms with Gasteiger partial charge in [-0.2, -0.15) is 0 Å². The molecule has 9 nitrogen and oxygen atoms in total. The molecule has 0 aliphatic rings. The Hall–Kier alpha value is -0.810. The second-order valence-electron chi connectivity index (χ2n) is 6.03. The summed E-state index contributed by atoms with van der Waals surface area (Å²) in [6, 6.07) is -0.898. The predicted molar refractivity (Wildman–Crippen MR) is 89.6 cm³/mol. The quantitative estimate of drug-likeness (QED) is 0.215. The summed E-state index contributed by atoms with van der Waals surface area (Å²) in [4.78, 5) is 11.6. The van der Waals surface area contributed by atoms with Gasteiger partial charge in [0.15, 0.2) is 6.29 Å². The molecule has 0 aromatic heterocycles. The van der Waals surface area contributed by atoms with Crippen LogP contribution in [-0.4, -0.2) is 87.5 Å². The van der Waals surface area contributed by atoms with Gasteiger partial charge in [0.1, 0.15) is 18.3 Å². The summed E-state index contributed by atoms with van der Waals surface area (Å²) in [6.45, 7) is 5.53. The smallest absolute Gasteiger partial charge is 0.220 e. The number of hydrogen-bond donors (Lipinski definition) is 6. The largest absolute Gasteiger partial charge is 0.394 e. The van der Waals surface area contributed by atoms with Gasteiger partial charge in [0.05, 0.1) is 31.5 Å². The molecule has 0 saturated heterocycles. The maximum atomic E-state index is 11.6. The van der Waals surface area contributed by atoms with Crippen molar-refractivity contribution in [2.24, 2.45) is 0 Å². The molecule has 6 N–H and O–H groups in total. The van der Waals surface area contributed by atoms with Crippen LogP contribution in [0.3, 0.4) is 0 Å². The van der Waals surface area contributed by atoms with Gasteiger partial charge in [0.2, 0.25) is 5.91 Å². The van der Waals surface area contributed by atoms with Gasteiger partial charge in [-0.05, 0) is 20.3 Å². The van der Waals surface area contributed by atoms with Crippen LogP contribution >= 0.6 is 0 Å². The fraction of sp³-hybridized carbons (Fsp3) is 0.938. The third-order valence-electron chi connectivity index (χ3n) is 3.80. The summed E-state index contributed by atoms with van der Waals surface area (Å²) < 4.78 is 10.8. The first kappa shape index (κ1) is 24.2. The highest BCUT2D eigenvalue weighted by atomic mass is 16.7. The van der Waals surface area contributed by atoms with Crippen molar-refractivity contribution in [3.05, 3.63) is 0 Å². The molecule has 0 bridgehead atoms. The average molecular weight is 367 g/mol. The van der Waals surface area contributed by atoms with Gasteiger partial charge in [-0.25, -0.2) is 0 Å². The molecule has 0 spiro atoms. The first-order valence-corrected chi connectivity index (χ1v) is 8.57. The summed E-state index contributed by atoms with van der Waals surface area (Å²) in [5, 5.41) is 50.7. The zero-order valence-corrected chi connectivity index (χ0v) is 15.3. The van der Waals surface area contributed by atoms with Gasteiger partial charge in [-0.15, -0.1) is 0 Å². The number of ether oxygens (including phenoxy) is 2.